The van der Waals surface area contributed by atoms with Crippen molar-refractivity contribution in [3.05, 3.63) is 59.7 Å². The molecule has 20 heavy (non-hydrogen) atoms. The molecule has 1 N–H and O–H groups in total. The second-order valence-corrected chi connectivity index (χ2v) is 5.57. The molecule has 0 saturated heterocycles. The van der Waals surface area contributed by atoms with Crippen molar-refractivity contribution in [2.24, 2.45) is 0 Å². The monoisotopic (exact) mass is 288 g/mol. The highest BCUT2D eigenvalue weighted by atomic mass is 35.5. The minimum Gasteiger partial charge on any atom is -0.305 e. The minimum atomic E-state index is 0.137. The SMILES string of the molecule is C[C@@H](NCl)c1cccc(-c2ccccc2CN(C)C)c1. The molecule has 0 aliphatic rings. The van der Waals surface area contributed by atoms with Crippen molar-refractivity contribution in [2.45, 2.75) is 19.5 Å². The molecule has 0 unspecified atom stereocenters. The average molecular weight is 289 g/mol. The van der Waals surface area contributed by atoms with Crippen LogP contribution in [-0.4, -0.2) is 19.0 Å². The summed E-state index contributed by atoms with van der Waals surface area (Å²) >= 11 is 5.73. The lowest BCUT2D eigenvalue weighted by Gasteiger charge is -2.16. The number of hydrogen-bond acceptors (Lipinski definition) is 2. The largest absolute Gasteiger partial charge is 0.305 e. The summed E-state index contributed by atoms with van der Waals surface area (Å²) in [6, 6.07) is 17.2. The molecule has 1 atom stereocenters. The van der Waals surface area contributed by atoms with Crippen molar-refractivity contribution in [3.8, 4) is 11.1 Å². The van der Waals surface area contributed by atoms with Crippen LogP contribution in [0.2, 0.25) is 0 Å². The maximum absolute atomic E-state index is 5.73. The summed E-state index contributed by atoms with van der Waals surface area (Å²) in [6.45, 7) is 2.99. The number of hydrogen-bond donors (Lipinski definition) is 1. The van der Waals surface area contributed by atoms with Gasteiger partial charge in [-0.1, -0.05) is 42.5 Å². The highest BCUT2D eigenvalue weighted by Gasteiger charge is 2.08. The van der Waals surface area contributed by atoms with Gasteiger partial charge in [0.05, 0.1) is 0 Å². The van der Waals surface area contributed by atoms with Gasteiger partial charge in [0.1, 0.15) is 0 Å². The van der Waals surface area contributed by atoms with E-state index in [0.717, 1.165) is 6.54 Å². The van der Waals surface area contributed by atoms with Crippen molar-refractivity contribution in [1.29, 1.82) is 0 Å². The molecule has 106 valence electrons. The second kappa shape index (κ2) is 6.89. The molecule has 3 heteroatoms. The summed E-state index contributed by atoms with van der Waals surface area (Å²) in [7, 11) is 4.18. The first-order chi connectivity index (χ1) is 9.61. The molecule has 2 aromatic carbocycles. The van der Waals surface area contributed by atoms with Crippen molar-refractivity contribution in [2.75, 3.05) is 14.1 Å². The summed E-state index contributed by atoms with van der Waals surface area (Å²) in [5, 5.41) is 0. The first-order valence-corrected chi connectivity index (χ1v) is 7.18. The fraction of sp³-hybridized carbons (Fsp3) is 0.294. The smallest absolute Gasteiger partial charge is 0.0442 e. The summed E-state index contributed by atoms with van der Waals surface area (Å²) in [5.41, 5.74) is 5.04. The van der Waals surface area contributed by atoms with E-state index in [9.17, 15) is 0 Å². The third kappa shape index (κ3) is 3.60. The lowest BCUT2D eigenvalue weighted by atomic mass is 9.96. The fourth-order valence-corrected chi connectivity index (χ4v) is 2.45. The first-order valence-electron chi connectivity index (χ1n) is 6.81. The number of benzene rings is 2. The standard InChI is InChI=1S/C17H21ClN2/c1-13(19-18)14-8-6-9-15(11-14)17-10-5-4-7-16(17)12-20(2)3/h4-11,13,19H,12H2,1-3H3/t13-/m1/s1. The number of halogens is 1. The molecule has 2 nitrogen and oxygen atoms in total. The number of nitrogens with one attached hydrogen (secondary N) is 1. The van der Waals surface area contributed by atoms with Crippen LogP contribution in [0.4, 0.5) is 0 Å². The van der Waals surface area contributed by atoms with E-state index in [1.54, 1.807) is 0 Å². The Kier molecular flexibility index (Phi) is 5.18. The van der Waals surface area contributed by atoms with Gasteiger partial charge in [0.15, 0.2) is 0 Å². The minimum absolute atomic E-state index is 0.137. The van der Waals surface area contributed by atoms with Gasteiger partial charge in [0.2, 0.25) is 0 Å². The van der Waals surface area contributed by atoms with Crippen LogP contribution in [0, 0.1) is 0 Å². The molecule has 0 radical (unpaired) electrons. The fourth-order valence-electron chi connectivity index (χ4n) is 2.32. The number of nitrogens with zero attached hydrogens (tertiary/aromatic N) is 1. The van der Waals surface area contributed by atoms with Gasteiger partial charge in [-0.3, -0.25) is 0 Å². The van der Waals surface area contributed by atoms with Crippen molar-refractivity contribution < 1.29 is 0 Å². The zero-order valence-electron chi connectivity index (χ0n) is 12.2. The zero-order chi connectivity index (χ0) is 14.5. The molecule has 0 fully saturated rings. The molecule has 2 aromatic rings. The maximum Gasteiger partial charge on any atom is 0.0442 e. The van der Waals surface area contributed by atoms with Crippen LogP contribution in [0.3, 0.4) is 0 Å². The Morgan fingerprint density at radius 1 is 1.10 bits per heavy atom. The average Bonchev–Trinajstić information content (AvgIpc) is 2.46. The van der Waals surface area contributed by atoms with E-state index >= 15 is 0 Å². The summed E-state index contributed by atoms with van der Waals surface area (Å²) in [5.74, 6) is 0. The van der Waals surface area contributed by atoms with Crippen LogP contribution in [0.1, 0.15) is 24.1 Å². The van der Waals surface area contributed by atoms with Gasteiger partial charge in [-0.25, -0.2) is 4.84 Å². The summed E-state index contributed by atoms with van der Waals surface area (Å²) in [6.07, 6.45) is 0. The Balaban J connectivity index is 2.41. The second-order valence-electron chi connectivity index (χ2n) is 5.35. The lowest BCUT2D eigenvalue weighted by molar-refractivity contribution is 0.403. The first kappa shape index (κ1) is 15.0. The molecule has 0 heterocycles. The Morgan fingerprint density at radius 2 is 1.85 bits per heavy atom. The third-order valence-electron chi connectivity index (χ3n) is 3.37. The van der Waals surface area contributed by atoms with Gasteiger partial charge in [0.25, 0.3) is 0 Å². The van der Waals surface area contributed by atoms with E-state index in [4.69, 9.17) is 11.8 Å². The maximum atomic E-state index is 5.73. The van der Waals surface area contributed by atoms with Gasteiger partial charge in [-0.2, -0.15) is 0 Å². The van der Waals surface area contributed by atoms with E-state index in [0.29, 0.717) is 0 Å². The predicted molar refractivity (Wildman–Crippen MR) is 86.7 cm³/mol. The molecule has 2 rings (SSSR count). The number of rotatable bonds is 5. The van der Waals surface area contributed by atoms with E-state index < -0.39 is 0 Å². The third-order valence-corrected chi connectivity index (χ3v) is 3.69. The molecule has 0 spiro atoms. The summed E-state index contributed by atoms with van der Waals surface area (Å²) in [4.78, 5) is 4.96. The zero-order valence-corrected chi connectivity index (χ0v) is 13.0. The molecule has 0 saturated carbocycles. The van der Waals surface area contributed by atoms with Gasteiger partial charge >= 0.3 is 0 Å². The molecule has 0 aliphatic heterocycles. The molecular formula is C17H21ClN2. The normalized spacial score (nSPS) is 12.7. The van der Waals surface area contributed by atoms with Crippen LogP contribution in [0.5, 0.6) is 0 Å². The van der Waals surface area contributed by atoms with Crippen LogP contribution >= 0.6 is 11.8 Å². The molecule has 0 bridgehead atoms. The van der Waals surface area contributed by atoms with Crippen molar-refractivity contribution >= 4 is 11.8 Å². The Bertz CT molecular complexity index is 566. The molecule has 0 aromatic heterocycles. The van der Waals surface area contributed by atoms with E-state index in [1.165, 1.54) is 22.3 Å². The van der Waals surface area contributed by atoms with E-state index in [2.05, 4.69) is 79.3 Å². The Labute approximate surface area is 126 Å². The van der Waals surface area contributed by atoms with Crippen LogP contribution < -0.4 is 4.84 Å². The van der Waals surface area contributed by atoms with Crippen LogP contribution in [-0.2, 0) is 6.54 Å². The van der Waals surface area contributed by atoms with Gasteiger partial charge in [0, 0.05) is 12.6 Å². The molecular weight excluding hydrogens is 268 g/mol. The molecule has 0 amide bonds. The molecule has 0 aliphatic carbocycles. The topological polar surface area (TPSA) is 15.3 Å². The summed E-state index contributed by atoms with van der Waals surface area (Å²) < 4.78 is 0. The van der Waals surface area contributed by atoms with Gasteiger partial charge in [-0.05, 0) is 61.1 Å². The highest BCUT2D eigenvalue weighted by molar-refractivity contribution is 6.13. The Hall–Kier alpha value is -1.35. The Morgan fingerprint density at radius 3 is 2.55 bits per heavy atom. The van der Waals surface area contributed by atoms with Crippen molar-refractivity contribution in [3.63, 3.8) is 0 Å². The lowest BCUT2D eigenvalue weighted by Crippen LogP contribution is -2.11. The van der Waals surface area contributed by atoms with E-state index in [-0.39, 0.29) is 6.04 Å². The highest BCUT2D eigenvalue weighted by Crippen LogP contribution is 2.27. The van der Waals surface area contributed by atoms with Gasteiger partial charge in [-0.15, -0.1) is 0 Å². The van der Waals surface area contributed by atoms with Crippen LogP contribution in [0.15, 0.2) is 48.5 Å². The van der Waals surface area contributed by atoms with Crippen molar-refractivity contribution in [1.82, 2.24) is 9.74 Å². The van der Waals surface area contributed by atoms with E-state index in [1.807, 2.05) is 0 Å². The van der Waals surface area contributed by atoms with Crippen LogP contribution in [0.25, 0.3) is 11.1 Å². The predicted octanol–water partition coefficient (Wildman–Crippen LogP) is 4.22. The quantitative estimate of drug-likeness (QED) is 0.829. The van der Waals surface area contributed by atoms with Gasteiger partial charge < -0.3 is 4.90 Å².